The van der Waals surface area contributed by atoms with Crippen LogP contribution in [0.5, 0.6) is 0 Å². The van der Waals surface area contributed by atoms with E-state index >= 15 is 0 Å². The number of rotatable bonds is 4. The van der Waals surface area contributed by atoms with Crippen LogP contribution in [0.3, 0.4) is 0 Å². The zero-order valence-corrected chi connectivity index (χ0v) is 22.1. The summed E-state index contributed by atoms with van der Waals surface area (Å²) < 4.78 is 36.2. The van der Waals surface area contributed by atoms with E-state index in [-0.39, 0.29) is 10.8 Å². The van der Waals surface area contributed by atoms with Gasteiger partial charge in [-0.1, -0.05) is 50.2 Å². The van der Waals surface area contributed by atoms with Gasteiger partial charge in [-0.25, -0.2) is 18.6 Å². The number of nitrogens with zero attached hydrogens (tertiary/aromatic N) is 2. The number of carbonyl (C=O) groups is 1. The van der Waals surface area contributed by atoms with Crippen LogP contribution in [-0.2, 0) is 15.6 Å². The summed E-state index contributed by atoms with van der Waals surface area (Å²) in [5, 5.41) is 0. The summed E-state index contributed by atoms with van der Waals surface area (Å²) in [6.45, 7) is 8.92. The van der Waals surface area contributed by atoms with E-state index in [1.807, 2.05) is 12.2 Å². The molecule has 0 saturated carbocycles. The van der Waals surface area contributed by atoms with Crippen LogP contribution in [0.4, 0.5) is 11.4 Å². The highest BCUT2D eigenvalue weighted by Gasteiger charge is 2.42. The van der Waals surface area contributed by atoms with Gasteiger partial charge >= 0.3 is 0 Å². The SMILES string of the molecule is CN1/C(=C/C=C(C=O)\C=C/C2=[N+](C)c3ccccc3C2(C)C)C(C)(C)c2ccccc21.[O-][Cl+3]([O-])([O-])[O-]. The number of likely N-dealkylation sites (N-methyl/N-ethyl adjacent to an activating group) is 1. The van der Waals surface area contributed by atoms with E-state index in [1.54, 1.807) is 0 Å². The van der Waals surface area contributed by atoms with Crippen molar-refractivity contribution in [1.82, 2.24) is 0 Å². The molecular weight excluding hydrogens is 480 g/mol. The van der Waals surface area contributed by atoms with Gasteiger partial charge in [-0.15, -0.1) is 10.2 Å². The summed E-state index contributed by atoms with van der Waals surface area (Å²) in [6.07, 6.45) is 8.95. The molecule has 0 bridgehead atoms. The summed E-state index contributed by atoms with van der Waals surface area (Å²) in [6, 6.07) is 17.0. The second-order valence-corrected chi connectivity index (χ2v) is 10.6. The third-order valence-corrected chi connectivity index (χ3v) is 6.88. The number of para-hydroxylation sites is 2. The Morgan fingerprint density at radius 2 is 1.47 bits per heavy atom. The number of hydrogen-bond acceptors (Lipinski definition) is 6. The van der Waals surface area contributed by atoms with Crippen LogP contribution in [0.25, 0.3) is 0 Å². The average molecular weight is 511 g/mol. The first-order valence-electron chi connectivity index (χ1n) is 11.4. The summed E-state index contributed by atoms with van der Waals surface area (Å²) >= 11 is 0. The highest BCUT2D eigenvalue weighted by Crippen LogP contribution is 2.46. The topological polar surface area (TPSA) is 116 Å². The van der Waals surface area contributed by atoms with Crippen molar-refractivity contribution in [3.8, 4) is 0 Å². The first-order chi connectivity index (χ1) is 16.7. The maximum atomic E-state index is 11.9. The Morgan fingerprint density at radius 1 is 0.917 bits per heavy atom. The molecule has 0 aliphatic carbocycles. The van der Waals surface area contributed by atoms with E-state index in [0.717, 1.165) is 6.29 Å². The minimum absolute atomic E-state index is 0.108. The van der Waals surface area contributed by atoms with Gasteiger partial charge in [0.05, 0.1) is 5.41 Å². The number of fused-ring (bicyclic) bond motifs is 2. The van der Waals surface area contributed by atoms with Crippen LogP contribution in [0.15, 0.2) is 84.1 Å². The van der Waals surface area contributed by atoms with Crippen molar-refractivity contribution in [2.75, 3.05) is 19.0 Å². The lowest BCUT2D eigenvalue weighted by Crippen LogP contribution is -2.68. The van der Waals surface area contributed by atoms with Crippen molar-refractivity contribution in [3.63, 3.8) is 0 Å². The van der Waals surface area contributed by atoms with Crippen molar-refractivity contribution in [1.29, 1.82) is 0 Å². The molecule has 190 valence electrons. The maximum absolute atomic E-state index is 11.9. The van der Waals surface area contributed by atoms with Gasteiger partial charge in [0, 0.05) is 47.1 Å². The molecule has 8 heteroatoms. The minimum Gasteiger partial charge on any atom is -0.347 e. The Hall–Kier alpha value is -3.07. The Bertz CT molecular complexity index is 1280. The fraction of sp³-hybridized carbons (Fsp3) is 0.286. The fourth-order valence-electron chi connectivity index (χ4n) is 5.09. The van der Waals surface area contributed by atoms with Crippen LogP contribution >= 0.6 is 0 Å². The van der Waals surface area contributed by atoms with Crippen LogP contribution in [-0.4, -0.2) is 30.7 Å². The molecule has 0 saturated heterocycles. The van der Waals surface area contributed by atoms with Crippen molar-refractivity contribution in [3.05, 3.63) is 95.2 Å². The molecule has 4 rings (SSSR count). The lowest BCUT2D eigenvalue weighted by molar-refractivity contribution is -2.00. The summed E-state index contributed by atoms with van der Waals surface area (Å²) in [5.41, 5.74) is 7.86. The van der Waals surface area contributed by atoms with Gasteiger partial charge in [-0.3, -0.25) is 4.79 Å². The molecule has 0 amide bonds. The van der Waals surface area contributed by atoms with Gasteiger partial charge in [0.25, 0.3) is 0 Å². The molecule has 2 aromatic rings. The average Bonchev–Trinajstić information content (AvgIpc) is 3.12. The monoisotopic (exact) mass is 510 g/mol. The normalized spacial score (nSPS) is 19.3. The van der Waals surface area contributed by atoms with Crippen LogP contribution in [0, 0.1) is 10.2 Å². The third-order valence-electron chi connectivity index (χ3n) is 6.88. The van der Waals surface area contributed by atoms with Gasteiger partial charge in [-0.2, -0.15) is 4.58 Å². The summed E-state index contributed by atoms with van der Waals surface area (Å²) in [4.78, 5) is 14.1. The van der Waals surface area contributed by atoms with Crippen molar-refractivity contribution in [2.45, 2.75) is 38.5 Å². The van der Waals surface area contributed by atoms with E-state index in [4.69, 9.17) is 18.6 Å². The van der Waals surface area contributed by atoms with Crippen LogP contribution < -0.4 is 23.5 Å². The number of hydrogen-bond donors (Lipinski definition) is 0. The van der Waals surface area contributed by atoms with Crippen molar-refractivity contribution in [2.24, 2.45) is 0 Å². The summed E-state index contributed by atoms with van der Waals surface area (Å²) in [5.74, 6) is 0. The molecule has 0 radical (unpaired) electrons. The molecule has 2 aliphatic heterocycles. The second kappa shape index (κ2) is 10.1. The highest BCUT2D eigenvalue weighted by atomic mass is 35.7. The molecular formula is C28H31ClN2O5. The Morgan fingerprint density at radius 3 is 2.03 bits per heavy atom. The van der Waals surface area contributed by atoms with Gasteiger partial charge in [0.1, 0.15) is 13.3 Å². The molecule has 2 aromatic carbocycles. The number of benzene rings is 2. The van der Waals surface area contributed by atoms with E-state index < -0.39 is 10.2 Å². The number of aldehydes is 1. The van der Waals surface area contributed by atoms with Gasteiger partial charge in [-0.05, 0) is 43.7 Å². The number of anilines is 1. The first kappa shape index (κ1) is 27.5. The minimum atomic E-state index is -4.94. The van der Waals surface area contributed by atoms with Gasteiger partial charge in [0.15, 0.2) is 5.71 Å². The largest absolute Gasteiger partial charge is 0.347 e. The lowest BCUT2D eigenvalue weighted by atomic mass is 9.81. The number of allylic oxidation sites excluding steroid dienone is 6. The number of halogens is 1. The highest BCUT2D eigenvalue weighted by molar-refractivity contribution is 6.03. The van der Waals surface area contributed by atoms with E-state index in [1.165, 1.54) is 33.9 Å². The molecule has 7 nitrogen and oxygen atoms in total. The van der Waals surface area contributed by atoms with Crippen molar-refractivity contribution < 1.29 is 38.2 Å². The molecule has 2 aliphatic rings. The van der Waals surface area contributed by atoms with E-state index in [0.29, 0.717) is 5.57 Å². The van der Waals surface area contributed by atoms with Crippen LogP contribution in [0.2, 0.25) is 0 Å². The Balaban J connectivity index is 0.000000658. The molecule has 2 heterocycles. The molecule has 0 aromatic heterocycles. The molecule has 0 fully saturated rings. The first-order valence-corrected chi connectivity index (χ1v) is 12.6. The predicted octanol–water partition coefficient (Wildman–Crippen LogP) is 0.930. The predicted molar refractivity (Wildman–Crippen MR) is 130 cm³/mol. The Labute approximate surface area is 214 Å². The molecule has 0 spiro atoms. The van der Waals surface area contributed by atoms with Crippen molar-refractivity contribution >= 4 is 23.4 Å². The Kier molecular flexibility index (Phi) is 7.74. The lowest BCUT2D eigenvalue weighted by Gasteiger charge is -2.23. The third kappa shape index (κ3) is 5.51. The smallest absolute Gasteiger partial charge is 0.209 e. The van der Waals surface area contributed by atoms with E-state index in [9.17, 15) is 4.79 Å². The zero-order valence-electron chi connectivity index (χ0n) is 21.3. The van der Waals surface area contributed by atoms with E-state index in [2.05, 4.69) is 112 Å². The zero-order chi connectivity index (χ0) is 26.9. The second-order valence-electron chi connectivity index (χ2n) is 9.84. The van der Waals surface area contributed by atoms with Crippen LogP contribution in [0.1, 0.15) is 38.8 Å². The molecule has 0 unspecified atom stereocenters. The fourth-order valence-corrected chi connectivity index (χ4v) is 5.09. The molecule has 0 N–H and O–H groups in total. The quantitative estimate of drug-likeness (QED) is 0.261. The molecule has 0 atom stereocenters. The molecule has 36 heavy (non-hydrogen) atoms. The van der Waals surface area contributed by atoms with Gasteiger partial charge in [0.2, 0.25) is 5.69 Å². The number of carbonyl (C=O) groups excluding carboxylic acids is 1. The maximum Gasteiger partial charge on any atom is 0.209 e. The van der Waals surface area contributed by atoms with Gasteiger partial charge < -0.3 is 4.90 Å². The summed E-state index contributed by atoms with van der Waals surface area (Å²) in [7, 11) is -0.764. The standard InChI is InChI=1S/C28H31N2O.ClHO4/c1-27(2)21-11-7-9-13-23(21)29(5)25(27)17-15-20(19-31)16-18-26-28(3,4)22-12-8-10-14-24(22)30(26)6;2-1(3,4)5/h7-19H,1-6H3;(H,2,3,4,5)/q+1;/p-1.